The van der Waals surface area contributed by atoms with Gasteiger partial charge in [0.1, 0.15) is 5.65 Å². The van der Waals surface area contributed by atoms with Crippen LogP contribution in [-0.4, -0.2) is 26.9 Å². The summed E-state index contributed by atoms with van der Waals surface area (Å²) in [5, 5.41) is 4.00. The highest BCUT2D eigenvalue weighted by molar-refractivity contribution is 5.97. The van der Waals surface area contributed by atoms with Gasteiger partial charge in [0, 0.05) is 41.1 Å². The summed E-state index contributed by atoms with van der Waals surface area (Å²) in [5.41, 5.74) is 3.22. The van der Waals surface area contributed by atoms with E-state index < -0.39 is 0 Å². The van der Waals surface area contributed by atoms with E-state index in [-0.39, 0.29) is 5.91 Å². The van der Waals surface area contributed by atoms with Crippen molar-refractivity contribution >= 4 is 16.9 Å². The first kappa shape index (κ1) is 12.1. The SMILES string of the molecule is O=C(NC1CC1)c1ccnc(-c2ccnc3[nH]ccc23)c1. The topological polar surface area (TPSA) is 70.7 Å². The van der Waals surface area contributed by atoms with Gasteiger partial charge in [0.05, 0.1) is 5.69 Å². The van der Waals surface area contributed by atoms with Crippen LogP contribution in [0.1, 0.15) is 23.2 Å². The van der Waals surface area contributed by atoms with Gasteiger partial charge in [-0.1, -0.05) is 0 Å². The second-order valence-corrected chi connectivity index (χ2v) is 5.28. The smallest absolute Gasteiger partial charge is 0.251 e. The zero-order chi connectivity index (χ0) is 14.2. The Hall–Kier alpha value is -2.69. The van der Waals surface area contributed by atoms with Crippen molar-refractivity contribution in [2.45, 2.75) is 18.9 Å². The molecule has 1 aliphatic rings. The minimum atomic E-state index is -0.0273. The van der Waals surface area contributed by atoms with Crippen molar-refractivity contribution in [2.24, 2.45) is 0 Å². The van der Waals surface area contributed by atoms with Crippen molar-refractivity contribution in [3.63, 3.8) is 0 Å². The lowest BCUT2D eigenvalue weighted by atomic mass is 10.1. The fourth-order valence-corrected chi connectivity index (χ4v) is 2.40. The molecule has 0 aromatic carbocycles. The number of aromatic nitrogens is 3. The first-order chi connectivity index (χ1) is 10.3. The molecule has 5 heteroatoms. The van der Waals surface area contributed by atoms with Gasteiger partial charge in [-0.3, -0.25) is 9.78 Å². The monoisotopic (exact) mass is 278 g/mol. The first-order valence-corrected chi connectivity index (χ1v) is 7.00. The molecule has 0 spiro atoms. The van der Waals surface area contributed by atoms with Crippen molar-refractivity contribution in [3.05, 3.63) is 48.4 Å². The molecule has 1 saturated carbocycles. The van der Waals surface area contributed by atoms with Crippen LogP contribution in [0.5, 0.6) is 0 Å². The van der Waals surface area contributed by atoms with Gasteiger partial charge in [-0.05, 0) is 37.1 Å². The van der Waals surface area contributed by atoms with Gasteiger partial charge >= 0.3 is 0 Å². The van der Waals surface area contributed by atoms with E-state index in [0.717, 1.165) is 35.1 Å². The van der Waals surface area contributed by atoms with Gasteiger partial charge in [0.2, 0.25) is 0 Å². The van der Waals surface area contributed by atoms with Crippen LogP contribution < -0.4 is 5.32 Å². The van der Waals surface area contributed by atoms with E-state index >= 15 is 0 Å². The maximum atomic E-state index is 12.1. The van der Waals surface area contributed by atoms with Crippen LogP contribution in [0.15, 0.2) is 42.9 Å². The summed E-state index contributed by atoms with van der Waals surface area (Å²) < 4.78 is 0. The Labute approximate surface area is 121 Å². The van der Waals surface area contributed by atoms with Crippen LogP contribution in [-0.2, 0) is 0 Å². The predicted molar refractivity (Wildman–Crippen MR) is 79.8 cm³/mol. The van der Waals surface area contributed by atoms with Gasteiger partial charge in [-0.25, -0.2) is 4.98 Å². The minimum Gasteiger partial charge on any atom is -0.349 e. The molecule has 3 aromatic heterocycles. The highest BCUT2D eigenvalue weighted by atomic mass is 16.1. The Morgan fingerprint density at radius 2 is 2.05 bits per heavy atom. The third kappa shape index (κ3) is 2.27. The minimum absolute atomic E-state index is 0.0273. The quantitative estimate of drug-likeness (QED) is 0.773. The predicted octanol–water partition coefficient (Wildman–Crippen LogP) is 2.52. The van der Waals surface area contributed by atoms with Crippen LogP contribution >= 0.6 is 0 Å². The molecule has 1 amide bonds. The van der Waals surface area contributed by atoms with Gasteiger partial charge < -0.3 is 10.3 Å². The maximum Gasteiger partial charge on any atom is 0.251 e. The summed E-state index contributed by atoms with van der Waals surface area (Å²) in [4.78, 5) is 23.9. The highest BCUT2D eigenvalue weighted by Crippen LogP contribution is 2.26. The van der Waals surface area contributed by atoms with Crippen molar-refractivity contribution in [1.82, 2.24) is 20.3 Å². The van der Waals surface area contributed by atoms with Crippen LogP contribution in [0.25, 0.3) is 22.3 Å². The van der Waals surface area contributed by atoms with Gasteiger partial charge in [0.15, 0.2) is 0 Å². The summed E-state index contributed by atoms with van der Waals surface area (Å²) in [6, 6.07) is 7.82. The molecule has 0 bridgehead atoms. The number of hydrogen-bond acceptors (Lipinski definition) is 3. The van der Waals surface area contributed by atoms with Crippen molar-refractivity contribution in [1.29, 1.82) is 0 Å². The molecule has 1 fully saturated rings. The number of rotatable bonds is 3. The summed E-state index contributed by atoms with van der Waals surface area (Å²) in [5.74, 6) is -0.0273. The van der Waals surface area contributed by atoms with Crippen LogP contribution in [0.3, 0.4) is 0 Å². The number of pyridine rings is 2. The molecule has 0 radical (unpaired) electrons. The average molecular weight is 278 g/mol. The van der Waals surface area contributed by atoms with Gasteiger partial charge in [-0.15, -0.1) is 0 Å². The number of carbonyl (C=O) groups is 1. The number of hydrogen-bond donors (Lipinski definition) is 2. The van der Waals surface area contributed by atoms with Gasteiger partial charge in [0.25, 0.3) is 5.91 Å². The normalized spacial score (nSPS) is 14.3. The zero-order valence-corrected chi connectivity index (χ0v) is 11.3. The fraction of sp³-hybridized carbons (Fsp3) is 0.188. The molecule has 0 atom stereocenters. The number of nitrogens with one attached hydrogen (secondary N) is 2. The lowest BCUT2D eigenvalue weighted by molar-refractivity contribution is 0.0951. The second-order valence-electron chi connectivity index (χ2n) is 5.28. The van der Waals surface area contributed by atoms with Crippen molar-refractivity contribution < 1.29 is 4.79 Å². The third-order valence-electron chi connectivity index (χ3n) is 3.67. The van der Waals surface area contributed by atoms with Crippen molar-refractivity contribution in [2.75, 3.05) is 0 Å². The number of carbonyl (C=O) groups excluding carboxylic acids is 1. The molecule has 2 N–H and O–H groups in total. The standard InChI is InChI=1S/C16H14N4O/c21-16(20-11-1-2-11)10-3-6-17-14(9-10)12-4-7-18-15-13(12)5-8-19-15/h3-9,11H,1-2H2,(H,18,19)(H,20,21). The Morgan fingerprint density at radius 3 is 2.90 bits per heavy atom. The number of fused-ring (bicyclic) bond motifs is 1. The number of aromatic amines is 1. The third-order valence-corrected chi connectivity index (χ3v) is 3.67. The Bertz CT molecular complexity index is 820. The number of amides is 1. The summed E-state index contributed by atoms with van der Waals surface area (Å²) >= 11 is 0. The largest absolute Gasteiger partial charge is 0.349 e. The van der Waals surface area contributed by atoms with E-state index in [4.69, 9.17) is 0 Å². The lowest BCUT2D eigenvalue weighted by Crippen LogP contribution is -2.25. The average Bonchev–Trinajstić information content (AvgIpc) is 3.20. The molecule has 0 aliphatic heterocycles. The van der Waals surface area contributed by atoms with Crippen LogP contribution in [0.4, 0.5) is 0 Å². The Kier molecular flexibility index (Phi) is 2.70. The van der Waals surface area contributed by atoms with E-state index in [0.29, 0.717) is 11.6 Å². The molecule has 5 nitrogen and oxygen atoms in total. The van der Waals surface area contributed by atoms with E-state index in [1.807, 2.05) is 24.4 Å². The Balaban J connectivity index is 1.74. The maximum absolute atomic E-state index is 12.1. The molecule has 3 heterocycles. The first-order valence-electron chi connectivity index (χ1n) is 7.00. The summed E-state index contributed by atoms with van der Waals surface area (Å²) in [6.45, 7) is 0. The van der Waals surface area contributed by atoms with Crippen molar-refractivity contribution in [3.8, 4) is 11.3 Å². The molecule has 0 saturated heterocycles. The molecule has 21 heavy (non-hydrogen) atoms. The molecule has 104 valence electrons. The Morgan fingerprint density at radius 1 is 1.19 bits per heavy atom. The van der Waals surface area contributed by atoms with E-state index in [9.17, 15) is 4.79 Å². The number of H-pyrrole nitrogens is 1. The highest BCUT2D eigenvalue weighted by Gasteiger charge is 2.24. The molecule has 3 aromatic rings. The summed E-state index contributed by atoms with van der Waals surface area (Å²) in [6.07, 6.45) is 7.43. The molecule has 4 rings (SSSR count). The zero-order valence-electron chi connectivity index (χ0n) is 11.3. The van der Waals surface area contributed by atoms with Crippen LogP contribution in [0, 0.1) is 0 Å². The molecule has 0 unspecified atom stereocenters. The van der Waals surface area contributed by atoms with Crippen LogP contribution in [0.2, 0.25) is 0 Å². The van der Waals surface area contributed by atoms with E-state index in [1.54, 1.807) is 18.5 Å². The summed E-state index contributed by atoms with van der Waals surface area (Å²) in [7, 11) is 0. The molecular weight excluding hydrogens is 264 g/mol. The van der Waals surface area contributed by atoms with E-state index in [1.165, 1.54) is 0 Å². The second kappa shape index (κ2) is 4.70. The van der Waals surface area contributed by atoms with Gasteiger partial charge in [-0.2, -0.15) is 0 Å². The molecule has 1 aliphatic carbocycles. The number of nitrogens with zero attached hydrogens (tertiary/aromatic N) is 2. The van der Waals surface area contributed by atoms with E-state index in [2.05, 4.69) is 20.3 Å². The lowest BCUT2D eigenvalue weighted by Gasteiger charge is -2.06. The molecular formula is C16H14N4O. The fourth-order valence-electron chi connectivity index (χ4n) is 2.40.